The van der Waals surface area contributed by atoms with Gasteiger partial charge in [0.15, 0.2) is 0 Å². The van der Waals surface area contributed by atoms with Crippen molar-refractivity contribution in [2.24, 2.45) is 5.92 Å². The number of hydrogen-bond acceptors (Lipinski definition) is 3. The van der Waals surface area contributed by atoms with Crippen LogP contribution in [0.25, 0.3) is 0 Å². The summed E-state index contributed by atoms with van der Waals surface area (Å²) in [6, 6.07) is 0. The minimum Gasteiger partial charge on any atom is -0.375 e. The van der Waals surface area contributed by atoms with Crippen LogP contribution < -0.4 is 0 Å². The molecule has 1 rings (SSSR count). The van der Waals surface area contributed by atoms with Crippen molar-refractivity contribution in [3.8, 4) is 0 Å². The minimum absolute atomic E-state index is 0.219. The van der Waals surface area contributed by atoms with Crippen molar-refractivity contribution in [1.82, 2.24) is 5.06 Å². The van der Waals surface area contributed by atoms with E-state index < -0.39 is 0 Å². The molecule has 1 saturated heterocycles. The van der Waals surface area contributed by atoms with Crippen molar-refractivity contribution in [2.75, 3.05) is 0 Å². The van der Waals surface area contributed by atoms with Gasteiger partial charge in [0.25, 0.3) is 0 Å². The lowest BCUT2D eigenvalue weighted by atomic mass is 9.80. The molecule has 0 bridgehead atoms. The molecule has 1 N–H and O–H groups in total. The molecule has 3 nitrogen and oxygen atoms in total. The van der Waals surface area contributed by atoms with E-state index in [2.05, 4.69) is 48.5 Å². The second kappa shape index (κ2) is 4.87. The van der Waals surface area contributed by atoms with Gasteiger partial charge in [-0.2, -0.15) is 5.06 Å². The lowest BCUT2D eigenvalue weighted by molar-refractivity contribution is -0.265. The second-order valence-electron chi connectivity index (χ2n) is 7.05. The predicted molar refractivity (Wildman–Crippen MR) is 70.2 cm³/mol. The van der Waals surface area contributed by atoms with Crippen LogP contribution in [0.2, 0.25) is 0 Å². The first-order chi connectivity index (χ1) is 7.56. The Balaban J connectivity index is 2.72. The fourth-order valence-corrected chi connectivity index (χ4v) is 2.74. The summed E-state index contributed by atoms with van der Waals surface area (Å²) in [5.41, 5.74) is -0.438. The number of nitrogens with zero attached hydrogens (tertiary/aromatic N) is 1. The maximum Gasteiger partial charge on any atom is 0.0615 e. The monoisotopic (exact) mass is 243 g/mol. The lowest BCUT2D eigenvalue weighted by Crippen LogP contribution is -2.60. The Morgan fingerprint density at radius 2 is 1.47 bits per heavy atom. The van der Waals surface area contributed by atoms with Gasteiger partial charge in [-0.05, 0) is 53.4 Å². The Bertz CT molecular complexity index is 243. The molecule has 0 amide bonds. The van der Waals surface area contributed by atoms with Gasteiger partial charge in [-0.3, -0.25) is 0 Å². The molecule has 1 atom stereocenters. The quantitative estimate of drug-likeness (QED) is 0.824. The standard InChI is InChI=1S/C14H29NO2/c1-10(2)11(3)17-12-8-13(4,5)15(16)14(6,7)9-12/h10-12,16H,8-9H2,1-7H3. The number of piperidine rings is 1. The predicted octanol–water partition coefficient (Wildman–Crippen LogP) is 3.46. The maximum absolute atomic E-state index is 10.2. The number of hydrogen-bond donors (Lipinski definition) is 1. The van der Waals surface area contributed by atoms with E-state index >= 15 is 0 Å². The van der Waals surface area contributed by atoms with E-state index in [9.17, 15) is 5.21 Å². The fraction of sp³-hybridized carbons (Fsp3) is 1.00. The first kappa shape index (κ1) is 14.9. The van der Waals surface area contributed by atoms with Gasteiger partial charge in [0.05, 0.1) is 12.2 Å². The summed E-state index contributed by atoms with van der Waals surface area (Å²) in [4.78, 5) is 0. The number of hydroxylamine groups is 2. The van der Waals surface area contributed by atoms with Gasteiger partial charge < -0.3 is 9.94 Å². The Morgan fingerprint density at radius 1 is 1.06 bits per heavy atom. The molecule has 0 aromatic rings. The second-order valence-corrected chi connectivity index (χ2v) is 7.05. The minimum atomic E-state index is -0.219. The summed E-state index contributed by atoms with van der Waals surface area (Å²) in [5, 5.41) is 11.7. The molecule has 17 heavy (non-hydrogen) atoms. The third kappa shape index (κ3) is 3.43. The Kier molecular flexibility index (Phi) is 4.28. The van der Waals surface area contributed by atoms with Gasteiger partial charge in [-0.1, -0.05) is 13.8 Å². The van der Waals surface area contributed by atoms with Gasteiger partial charge in [-0.25, -0.2) is 0 Å². The van der Waals surface area contributed by atoms with Crippen LogP contribution in [0.1, 0.15) is 61.3 Å². The van der Waals surface area contributed by atoms with Crippen molar-refractivity contribution >= 4 is 0 Å². The molecule has 1 aliphatic rings. The van der Waals surface area contributed by atoms with Crippen LogP contribution >= 0.6 is 0 Å². The first-order valence-electron chi connectivity index (χ1n) is 6.71. The molecule has 1 heterocycles. The normalized spacial score (nSPS) is 27.4. The van der Waals surface area contributed by atoms with Crippen molar-refractivity contribution in [1.29, 1.82) is 0 Å². The molecule has 0 aromatic heterocycles. The number of rotatable bonds is 3. The van der Waals surface area contributed by atoms with Gasteiger partial charge >= 0.3 is 0 Å². The molecule has 0 radical (unpaired) electrons. The topological polar surface area (TPSA) is 32.7 Å². The summed E-state index contributed by atoms with van der Waals surface area (Å²) < 4.78 is 6.13. The van der Waals surface area contributed by atoms with Crippen LogP contribution in [-0.2, 0) is 4.74 Å². The zero-order chi connectivity index (χ0) is 13.4. The van der Waals surface area contributed by atoms with Crippen LogP contribution in [-0.4, -0.2) is 33.6 Å². The molecule has 3 heteroatoms. The lowest BCUT2D eigenvalue weighted by Gasteiger charge is -2.51. The highest BCUT2D eigenvalue weighted by molar-refractivity contribution is 4.96. The van der Waals surface area contributed by atoms with E-state index in [1.54, 1.807) is 0 Å². The summed E-state index contributed by atoms with van der Waals surface area (Å²) in [6.07, 6.45) is 2.27. The van der Waals surface area contributed by atoms with E-state index in [0.717, 1.165) is 12.8 Å². The molecule has 102 valence electrons. The average Bonchev–Trinajstić information content (AvgIpc) is 2.12. The van der Waals surface area contributed by atoms with Gasteiger partial charge in [-0.15, -0.1) is 0 Å². The SMILES string of the molecule is CC(C)C(C)OC1CC(C)(C)N(O)C(C)(C)C1. The highest BCUT2D eigenvalue weighted by Crippen LogP contribution is 2.38. The van der Waals surface area contributed by atoms with Crippen molar-refractivity contribution in [2.45, 2.75) is 84.6 Å². The highest BCUT2D eigenvalue weighted by atomic mass is 16.5. The highest BCUT2D eigenvalue weighted by Gasteiger charge is 2.45. The van der Waals surface area contributed by atoms with E-state index in [1.165, 1.54) is 5.06 Å². The van der Waals surface area contributed by atoms with Crippen LogP contribution in [0.3, 0.4) is 0 Å². The van der Waals surface area contributed by atoms with Gasteiger partial charge in [0, 0.05) is 11.1 Å². The van der Waals surface area contributed by atoms with E-state index in [4.69, 9.17) is 4.74 Å². The Hall–Kier alpha value is -0.120. The number of ether oxygens (including phenoxy) is 1. The summed E-state index contributed by atoms with van der Waals surface area (Å²) >= 11 is 0. The van der Waals surface area contributed by atoms with E-state index in [0.29, 0.717) is 5.92 Å². The zero-order valence-electron chi connectivity index (χ0n) is 12.4. The average molecular weight is 243 g/mol. The molecule has 0 spiro atoms. The van der Waals surface area contributed by atoms with Crippen LogP contribution in [0.4, 0.5) is 0 Å². The van der Waals surface area contributed by atoms with Gasteiger partial charge in [0.1, 0.15) is 0 Å². The van der Waals surface area contributed by atoms with Gasteiger partial charge in [0.2, 0.25) is 0 Å². The fourth-order valence-electron chi connectivity index (χ4n) is 2.74. The van der Waals surface area contributed by atoms with Crippen LogP contribution in [0.5, 0.6) is 0 Å². The summed E-state index contributed by atoms with van der Waals surface area (Å²) in [5.74, 6) is 0.536. The van der Waals surface area contributed by atoms with Crippen molar-refractivity contribution in [3.05, 3.63) is 0 Å². The summed E-state index contributed by atoms with van der Waals surface area (Å²) in [7, 11) is 0. The Morgan fingerprint density at radius 3 is 1.82 bits per heavy atom. The smallest absolute Gasteiger partial charge is 0.0615 e. The summed E-state index contributed by atoms with van der Waals surface area (Å²) in [6.45, 7) is 14.8. The van der Waals surface area contributed by atoms with E-state index in [-0.39, 0.29) is 23.3 Å². The molecule has 0 aromatic carbocycles. The van der Waals surface area contributed by atoms with Crippen LogP contribution in [0, 0.1) is 5.92 Å². The molecule has 0 aliphatic carbocycles. The molecular weight excluding hydrogens is 214 g/mol. The van der Waals surface area contributed by atoms with Crippen molar-refractivity contribution in [3.63, 3.8) is 0 Å². The largest absolute Gasteiger partial charge is 0.375 e. The zero-order valence-corrected chi connectivity index (χ0v) is 12.4. The third-order valence-corrected chi connectivity index (χ3v) is 3.95. The molecule has 1 aliphatic heterocycles. The molecule has 0 saturated carbocycles. The molecular formula is C14H29NO2. The Labute approximate surface area is 106 Å². The van der Waals surface area contributed by atoms with Crippen LogP contribution in [0.15, 0.2) is 0 Å². The third-order valence-electron chi connectivity index (χ3n) is 3.95. The first-order valence-corrected chi connectivity index (χ1v) is 6.71. The van der Waals surface area contributed by atoms with Crippen molar-refractivity contribution < 1.29 is 9.94 Å². The maximum atomic E-state index is 10.2. The molecule has 1 fully saturated rings. The van der Waals surface area contributed by atoms with E-state index in [1.807, 2.05) is 0 Å². The molecule has 1 unspecified atom stereocenters.